The highest BCUT2D eigenvalue weighted by molar-refractivity contribution is 8.14. The van der Waals surface area contributed by atoms with E-state index in [0.29, 0.717) is 29.6 Å². The number of hydrogen-bond acceptors (Lipinski definition) is 6. The number of anilines is 1. The molecule has 2 aromatic carbocycles. The van der Waals surface area contributed by atoms with Crippen LogP contribution in [0.25, 0.3) is 0 Å². The van der Waals surface area contributed by atoms with Gasteiger partial charge in [0.1, 0.15) is 0 Å². The highest BCUT2D eigenvalue weighted by atomic mass is 35.5. The Balaban J connectivity index is 1.65. The van der Waals surface area contributed by atoms with Crippen molar-refractivity contribution in [2.45, 2.75) is 6.54 Å². The number of benzene rings is 2. The highest BCUT2D eigenvalue weighted by Gasteiger charge is 2.22. The van der Waals surface area contributed by atoms with E-state index < -0.39 is 11.8 Å². The minimum atomic E-state index is -0.742. The lowest BCUT2D eigenvalue weighted by Crippen LogP contribution is -2.38. The second kappa shape index (κ2) is 11.1. The molecule has 0 bridgehead atoms. The molecule has 0 saturated heterocycles. The summed E-state index contributed by atoms with van der Waals surface area (Å²) in [6.07, 6.45) is 0. The van der Waals surface area contributed by atoms with Crippen LogP contribution in [0, 0.1) is 0 Å². The first kappa shape index (κ1) is 23.8. The minimum absolute atomic E-state index is 0.155. The zero-order valence-corrected chi connectivity index (χ0v) is 19.4. The lowest BCUT2D eigenvalue weighted by molar-refractivity contribution is -0.136. The van der Waals surface area contributed by atoms with E-state index in [9.17, 15) is 14.4 Å². The second-order valence-corrected chi connectivity index (χ2v) is 8.74. The van der Waals surface area contributed by atoms with Crippen molar-refractivity contribution in [2.24, 2.45) is 5.10 Å². The molecular formula is C22H24ClN5O3S. The Labute approximate surface area is 196 Å². The van der Waals surface area contributed by atoms with Crippen molar-refractivity contribution in [3.8, 4) is 0 Å². The molecule has 2 aromatic rings. The van der Waals surface area contributed by atoms with E-state index in [1.54, 1.807) is 30.3 Å². The van der Waals surface area contributed by atoms with Gasteiger partial charge in [0.25, 0.3) is 0 Å². The van der Waals surface area contributed by atoms with Crippen LogP contribution in [-0.4, -0.2) is 65.6 Å². The zero-order valence-electron chi connectivity index (χ0n) is 17.8. The number of halogens is 1. The summed E-state index contributed by atoms with van der Waals surface area (Å²) in [7, 11) is 3.76. The van der Waals surface area contributed by atoms with Gasteiger partial charge in [-0.3, -0.25) is 14.4 Å². The van der Waals surface area contributed by atoms with Gasteiger partial charge in [-0.25, -0.2) is 5.01 Å². The van der Waals surface area contributed by atoms with Gasteiger partial charge in [-0.2, -0.15) is 5.10 Å². The van der Waals surface area contributed by atoms with E-state index in [-0.39, 0.29) is 11.8 Å². The Bertz CT molecular complexity index is 1030. The number of hydrazone groups is 1. The van der Waals surface area contributed by atoms with Gasteiger partial charge in [0, 0.05) is 29.6 Å². The Kier molecular flexibility index (Phi) is 8.26. The van der Waals surface area contributed by atoms with E-state index in [0.717, 1.165) is 16.8 Å². The largest absolute Gasteiger partial charge is 0.347 e. The van der Waals surface area contributed by atoms with Crippen LogP contribution < -0.4 is 10.6 Å². The molecule has 1 heterocycles. The molecule has 2 N–H and O–H groups in total. The monoisotopic (exact) mass is 473 g/mol. The summed E-state index contributed by atoms with van der Waals surface area (Å²) in [5, 5.41) is 11.5. The van der Waals surface area contributed by atoms with Gasteiger partial charge < -0.3 is 15.5 Å². The standard InChI is InChI=1S/C22H24ClN5O3S/c1-27(2)11-10-24-20(29)21(30)25-18-5-3-4-15(12-18)13-28-22(31)32-14-19(26-28)16-6-8-17(23)9-7-16/h3-9,12H,10-11,13-14H2,1-2H3,(H,24,29)(H,25,30). The van der Waals surface area contributed by atoms with Crippen LogP contribution in [0.1, 0.15) is 11.1 Å². The molecule has 8 nitrogen and oxygen atoms in total. The molecule has 168 valence electrons. The van der Waals surface area contributed by atoms with Gasteiger partial charge in [0.15, 0.2) is 0 Å². The Morgan fingerprint density at radius 3 is 2.62 bits per heavy atom. The van der Waals surface area contributed by atoms with Gasteiger partial charge in [-0.05, 0) is 49.5 Å². The summed E-state index contributed by atoms with van der Waals surface area (Å²) in [5.74, 6) is -0.957. The van der Waals surface area contributed by atoms with Crippen molar-refractivity contribution in [3.63, 3.8) is 0 Å². The van der Waals surface area contributed by atoms with E-state index in [2.05, 4.69) is 15.7 Å². The lowest BCUT2D eigenvalue weighted by atomic mass is 10.1. The first-order valence-corrected chi connectivity index (χ1v) is 11.3. The van der Waals surface area contributed by atoms with E-state index in [1.165, 1.54) is 16.8 Å². The smallest absolute Gasteiger partial charge is 0.313 e. The molecule has 10 heteroatoms. The van der Waals surface area contributed by atoms with Crippen molar-refractivity contribution in [1.82, 2.24) is 15.2 Å². The summed E-state index contributed by atoms with van der Waals surface area (Å²) in [6, 6.07) is 14.3. The third kappa shape index (κ3) is 6.81. The van der Waals surface area contributed by atoms with Crippen LogP contribution in [0.3, 0.4) is 0 Å². The second-order valence-electron chi connectivity index (χ2n) is 7.38. The van der Waals surface area contributed by atoms with Gasteiger partial charge in [0.05, 0.1) is 12.3 Å². The summed E-state index contributed by atoms with van der Waals surface area (Å²) < 4.78 is 0. The molecule has 0 fully saturated rings. The summed E-state index contributed by atoms with van der Waals surface area (Å²) in [5.41, 5.74) is 2.92. The number of carbonyl (C=O) groups excluding carboxylic acids is 3. The average molecular weight is 474 g/mol. The maximum atomic E-state index is 12.4. The fourth-order valence-electron chi connectivity index (χ4n) is 2.88. The molecule has 0 atom stereocenters. The SMILES string of the molecule is CN(C)CCNC(=O)C(=O)Nc1cccc(CN2N=C(c3ccc(Cl)cc3)CSC2=O)c1. The minimum Gasteiger partial charge on any atom is -0.347 e. The highest BCUT2D eigenvalue weighted by Crippen LogP contribution is 2.23. The Morgan fingerprint density at radius 1 is 1.16 bits per heavy atom. The third-order valence-electron chi connectivity index (χ3n) is 4.53. The number of thioether (sulfide) groups is 1. The van der Waals surface area contributed by atoms with Crippen molar-refractivity contribution in [2.75, 3.05) is 38.3 Å². The maximum Gasteiger partial charge on any atom is 0.313 e. The van der Waals surface area contributed by atoms with Crippen molar-refractivity contribution < 1.29 is 14.4 Å². The summed E-state index contributed by atoms with van der Waals surface area (Å²) >= 11 is 7.13. The fraction of sp³-hybridized carbons (Fsp3) is 0.273. The topological polar surface area (TPSA) is 94.1 Å². The molecule has 1 aliphatic rings. The number of likely N-dealkylation sites (N-methyl/N-ethyl adjacent to an activating group) is 1. The number of nitrogens with one attached hydrogen (secondary N) is 2. The van der Waals surface area contributed by atoms with E-state index in [4.69, 9.17) is 11.6 Å². The molecule has 3 rings (SSSR count). The molecular weight excluding hydrogens is 450 g/mol. The number of nitrogens with zero attached hydrogens (tertiary/aromatic N) is 3. The van der Waals surface area contributed by atoms with Crippen molar-refractivity contribution in [1.29, 1.82) is 0 Å². The summed E-state index contributed by atoms with van der Waals surface area (Å²) in [4.78, 5) is 38.3. The number of carbonyl (C=O) groups is 3. The predicted octanol–water partition coefficient (Wildman–Crippen LogP) is 3.03. The Morgan fingerprint density at radius 2 is 1.91 bits per heavy atom. The van der Waals surface area contributed by atoms with Crippen LogP contribution in [0.4, 0.5) is 10.5 Å². The molecule has 1 aliphatic heterocycles. The van der Waals surface area contributed by atoms with E-state index >= 15 is 0 Å². The number of amides is 3. The first-order chi connectivity index (χ1) is 15.3. The molecule has 0 spiro atoms. The van der Waals surface area contributed by atoms with Gasteiger partial charge in [-0.15, -0.1) is 0 Å². The van der Waals surface area contributed by atoms with Gasteiger partial charge >= 0.3 is 17.1 Å². The molecule has 3 amide bonds. The predicted molar refractivity (Wildman–Crippen MR) is 128 cm³/mol. The van der Waals surface area contributed by atoms with Crippen LogP contribution in [-0.2, 0) is 16.1 Å². The third-order valence-corrected chi connectivity index (χ3v) is 5.66. The first-order valence-electron chi connectivity index (χ1n) is 9.92. The molecule has 0 aromatic heterocycles. The van der Waals surface area contributed by atoms with Gasteiger partial charge in [-0.1, -0.05) is 47.6 Å². The van der Waals surface area contributed by atoms with Gasteiger partial charge in [0.2, 0.25) is 0 Å². The molecule has 0 saturated carbocycles. The van der Waals surface area contributed by atoms with Crippen molar-refractivity contribution in [3.05, 3.63) is 64.7 Å². The number of rotatable bonds is 7. The maximum absolute atomic E-state index is 12.4. The number of hydrogen-bond donors (Lipinski definition) is 2. The quantitative estimate of drug-likeness (QED) is 0.603. The molecule has 0 radical (unpaired) electrons. The van der Waals surface area contributed by atoms with Crippen LogP contribution in [0.5, 0.6) is 0 Å². The fourth-order valence-corrected chi connectivity index (χ4v) is 3.75. The normalized spacial score (nSPS) is 13.7. The van der Waals surface area contributed by atoms with Crippen LogP contribution in [0.15, 0.2) is 53.6 Å². The average Bonchev–Trinajstić information content (AvgIpc) is 2.76. The van der Waals surface area contributed by atoms with E-state index in [1.807, 2.05) is 37.2 Å². The van der Waals surface area contributed by atoms with Crippen LogP contribution >= 0.6 is 23.4 Å². The molecule has 32 heavy (non-hydrogen) atoms. The Hall–Kier alpha value is -2.88. The molecule has 0 unspecified atom stereocenters. The van der Waals surface area contributed by atoms with Crippen LogP contribution in [0.2, 0.25) is 5.02 Å². The molecule has 0 aliphatic carbocycles. The lowest BCUT2D eigenvalue weighted by Gasteiger charge is -2.23. The summed E-state index contributed by atoms with van der Waals surface area (Å²) in [6.45, 7) is 1.25. The van der Waals surface area contributed by atoms with Crippen molar-refractivity contribution >= 4 is 51.8 Å². The zero-order chi connectivity index (χ0) is 23.1.